The van der Waals surface area contributed by atoms with E-state index in [2.05, 4.69) is 36.1 Å². The summed E-state index contributed by atoms with van der Waals surface area (Å²) in [5, 5.41) is 6.25. The Morgan fingerprint density at radius 2 is 2.13 bits per heavy atom. The van der Waals surface area contributed by atoms with Gasteiger partial charge in [0.25, 0.3) is 6.49 Å². The number of rotatable bonds is 6. The average Bonchev–Trinajstić information content (AvgIpc) is 2.83. The Morgan fingerprint density at radius 1 is 1.43 bits per heavy atom. The Bertz CT molecular complexity index is 659. The Hall–Kier alpha value is -0.860. The first kappa shape index (κ1) is 18.5. The fourth-order valence-electron chi connectivity index (χ4n) is 1.48. The molecule has 1 aromatic heterocycles. The number of halogens is 2. The van der Waals surface area contributed by atoms with Crippen LogP contribution >= 0.6 is 41.1 Å². The summed E-state index contributed by atoms with van der Waals surface area (Å²) in [6.45, 7) is 0.373. The number of hydrogen-bond acceptors (Lipinski definition) is 8. The van der Waals surface area contributed by atoms with Crippen molar-refractivity contribution in [3.63, 3.8) is 0 Å². The third-order valence-corrected chi connectivity index (χ3v) is 9.24. The van der Waals surface area contributed by atoms with Crippen LogP contribution in [-0.4, -0.2) is 37.9 Å². The zero-order chi connectivity index (χ0) is 16.9. The number of hydrazine groups is 1. The van der Waals surface area contributed by atoms with E-state index < -0.39 is 11.8 Å². The van der Waals surface area contributed by atoms with Crippen LogP contribution in [0.1, 0.15) is 13.8 Å². The lowest BCUT2D eigenvalue weighted by molar-refractivity contribution is 0.552. The predicted octanol–water partition coefficient (Wildman–Crippen LogP) is 2.85. The largest absolute Gasteiger partial charge is 0.290 e. The molecule has 2 unspecified atom stereocenters. The van der Waals surface area contributed by atoms with E-state index in [1.807, 2.05) is 0 Å². The molecule has 126 valence electrons. The molecule has 0 aromatic carbocycles. The molecule has 2 atom stereocenters. The van der Waals surface area contributed by atoms with Crippen molar-refractivity contribution in [2.75, 3.05) is 17.2 Å². The fourth-order valence-corrected chi connectivity index (χ4v) is 6.23. The molecule has 0 radical (unpaired) electrons. The van der Waals surface area contributed by atoms with Crippen LogP contribution in [0.4, 0.5) is 5.95 Å². The van der Waals surface area contributed by atoms with E-state index in [0.717, 1.165) is 11.4 Å². The first-order chi connectivity index (χ1) is 10.9. The summed E-state index contributed by atoms with van der Waals surface area (Å²) >= 11 is 12.7. The van der Waals surface area contributed by atoms with E-state index in [4.69, 9.17) is 23.2 Å². The van der Waals surface area contributed by atoms with Gasteiger partial charge in [0.15, 0.2) is 10.4 Å². The molecular formula is C11H16Cl2N7OPS. The van der Waals surface area contributed by atoms with Gasteiger partial charge in [0.1, 0.15) is 0 Å². The number of anilines is 1. The predicted molar refractivity (Wildman–Crippen MR) is 97.5 cm³/mol. The molecule has 2 rings (SSSR count). The number of alkyl halides is 2. The van der Waals surface area contributed by atoms with Gasteiger partial charge >= 0.3 is 0 Å². The molecule has 3 N–H and O–H groups in total. The topological polar surface area (TPSA) is 104 Å². The number of aromatic nitrogens is 2. The van der Waals surface area contributed by atoms with Crippen LogP contribution in [0.15, 0.2) is 28.6 Å². The van der Waals surface area contributed by atoms with Gasteiger partial charge in [-0.3, -0.25) is 15.4 Å². The van der Waals surface area contributed by atoms with Crippen LogP contribution in [0.2, 0.25) is 0 Å². The molecule has 23 heavy (non-hydrogen) atoms. The van der Waals surface area contributed by atoms with Crippen molar-refractivity contribution in [3.05, 3.63) is 18.5 Å². The molecule has 1 aliphatic heterocycles. The molecule has 0 aliphatic carbocycles. The summed E-state index contributed by atoms with van der Waals surface area (Å²) < 4.78 is 13.2. The van der Waals surface area contributed by atoms with E-state index in [9.17, 15) is 4.57 Å². The number of hydrazone groups is 1. The number of nitrogens with one attached hydrogen (secondary N) is 3. The van der Waals surface area contributed by atoms with Crippen LogP contribution in [-0.2, 0) is 4.57 Å². The van der Waals surface area contributed by atoms with Gasteiger partial charge in [-0.25, -0.2) is 15.0 Å². The molecule has 0 bridgehead atoms. The van der Waals surface area contributed by atoms with E-state index in [-0.39, 0.29) is 5.88 Å². The van der Waals surface area contributed by atoms with Crippen LogP contribution < -0.4 is 16.0 Å². The lowest BCUT2D eigenvalue weighted by atomic mass is 10.4. The summed E-state index contributed by atoms with van der Waals surface area (Å²) in [5.41, 5.74) is 6.19. The number of amidine groups is 1. The summed E-state index contributed by atoms with van der Waals surface area (Å²) in [6.07, 6.45) is 3.14. The SMILES string of the molecule is C/C(CCl)=N\NC1=NC(C)(CCl)P(=O)(NNc2ncccn2)S1. The zero-order valence-electron chi connectivity index (χ0n) is 12.5. The summed E-state index contributed by atoms with van der Waals surface area (Å²) in [4.78, 5) is 12.4. The summed E-state index contributed by atoms with van der Waals surface area (Å²) in [6, 6.07) is 1.68. The normalized spacial score (nSPS) is 27.7. The van der Waals surface area contributed by atoms with Crippen molar-refractivity contribution < 1.29 is 4.57 Å². The number of hydrogen-bond donors (Lipinski definition) is 3. The Morgan fingerprint density at radius 3 is 2.74 bits per heavy atom. The highest BCUT2D eigenvalue weighted by Crippen LogP contribution is 2.69. The van der Waals surface area contributed by atoms with E-state index >= 15 is 0 Å². The summed E-state index contributed by atoms with van der Waals surface area (Å²) in [5.74, 6) is 0.670. The maximum atomic E-state index is 13.2. The highest BCUT2D eigenvalue weighted by molar-refractivity contribution is 8.65. The molecule has 0 spiro atoms. The average molecular weight is 396 g/mol. The monoisotopic (exact) mass is 395 g/mol. The second kappa shape index (κ2) is 7.81. The van der Waals surface area contributed by atoms with Gasteiger partial charge in [0.2, 0.25) is 5.95 Å². The quantitative estimate of drug-likeness (QED) is 0.294. The Labute approximate surface area is 148 Å². The molecule has 0 fully saturated rings. The molecule has 12 heteroatoms. The highest BCUT2D eigenvalue weighted by Gasteiger charge is 2.51. The van der Waals surface area contributed by atoms with Gasteiger partial charge in [-0.1, -0.05) is 0 Å². The van der Waals surface area contributed by atoms with Gasteiger partial charge in [-0.15, -0.1) is 23.2 Å². The van der Waals surface area contributed by atoms with Crippen molar-refractivity contribution in [2.24, 2.45) is 10.1 Å². The molecule has 8 nitrogen and oxygen atoms in total. The second-order valence-corrected chi connectivity index (χ2v) is 10.3. The van der Waals surface area contributed by atoms with Crippen molar-refractivity contribution in [2.45, 2.75) is 19.1 Å². The molecule has 2 heterocycles. The van der Waals surface area contributed by atoms with Crippen LogP contribution in [0, 0.1) is 0 Å². The number of nitrogens with zero attached hydrogens (tertiary/aromatic N) is 4. The molecule has 0 amide bonds. The highest BCUT2D eigenvalue weighted by atomic mass is 35.5. The van der Waals surface area contributed by atoms with Gasteiger partial charge in [0.05, 0.1) is 11.8 Å². The first-order valence-corrected chi connectivity index (χ1v) is 10.7. The van der Waals surface area contributed by atoms with Crippen molar-refractivity contribution in [3.8, 4) is 0 Å². The lowest BCUT2D eigenvalue weighted by Crippen LogP contribution is -2.31. The zero-order valence-corrected chi connectivity index (χ0v) is 15.7. The smallest absolute Gasteiger partial charge is 0.252 e. The minimum Gasteiger partial charge on any atom is -0.290 e. The number of aliphatic imine (C=N–C) groups is 1. The lowest BCUT2D eigenvalue weighted by Gasteiger charge is -2.26. The standard InChI is InChI=1S/C11H16Cl2N7OPS/c1-8(6-12)17-19-10-16-11(2,7-13)22(21,23-10)20-18-9-14-4-3-5-15-9/h3-5H,6-7H2,1-2H3,(H,16,19)(H,20,21)(H,14,15,18)/b17-8+. The molecule has 0 saturated heterocycles. The van der Waals surface area contributed by atoms with Crippen molar-refractivity contribution in [1.82, 2.24) is 20.6 Å². The molecule has 1 aromatic rings. The molecule has 1 aliphatic rings. The third kappa shape index (κ3) is 4.36. The van der Waals surface area contributed by atoms with Gasteiger partial charge in [-0.2, -0.15) is 10.3 Å². The van der Waals surface area contributed by atoms with E-state index in [0.29, 0.717) is 22.7 Å². The Balaban J connectivity index is 2.10. The van der Waals surface area contributed by atoms with Gasteiger partial charge in [-0.05, 0) is 31.3 Å². The molecule has 0 saturated carbocycles. The van der Waals surface area contributed by atoms with E-state index in [1.165, 1.54) is 0 Å². The van der Waals surface area contributed by atoms with Crippen LogP contribution in [0.5, 0.6) is 0 Å². The Kier molecular flexibility index (Phi) is 6.27. The van der Waals surface area contributed by atoms with Crippen molar-refractivity contribution in [1.29, 1.82) is 0 Å². The third-order valence-electron chi connectivity index (χ3n) is 2.86. The minimum atomic E-state index is -3.11. The first-order valence-electron chi connectivity index (χ1n) is 6.53. The van der Waals surface area contributed by atoms with Gasteiger partial charge < -0.3 is 0 Å². The maximum Gasteiger partial charge on any atom is 0.252 e. The summed E-state index contributed by atoms with van der Waals surface area (Å²) in [7, 11) is 0. The second-order valence-electron chi connectivity index (χ2n) is 4.81. The maximum absolute atomic E-state index is 13.2. The van der Waals surface area contributed by atoms with Crippen molar-refractivity contribution >= 4 is 57.9 Å². The van der Waals surface area contributed by atoms with E-state index in [1.54, 1.807) is 32.3 Å². The molecular weight excluding hydrogens is 380 g/mol. The fraction of sp³-hybridized carbons (Fsp3) is 0.455. The van der Waals surface area contributed by atoms with Gasteiger partial charge in [0, 0.05) is 18.1 Å². The van der Waals surface area contributed by atoms with Crippen LogP contribution in [0.25, 0.3) is 0 Å². The minimum absolute atomic E-state index is 0.0744. The van der Waals surface area contributed by atoms with Crippen LogP contribution in [0.3, 0.4) is 0 Å².